The van der Waals surface area contributed by atoms with E-state index in [0.717, 1.165) is 23.5 Å². The van der Waals surface area contributed by atoms with Crippen molar-refractivity contribution in [3.8, 4) is 0 Å². The molecule has 3 aliphatic carbocycles. The third kappa shape index (κ3) is 2.12. The van der Waals surface area contributed by atoms with Gasteiger partial charge in [0.2, 0.25) is 0 Å². The van der Waals surface area contributed by atoms with Crippen LogP contribution in [-0.2, 0) is 15.7 Å². The summed E-state index contributed by atoms with van der Waals surface area (Å²) >= 11 is 6.73. The average Bonchev–Trinajstić information content (AvgIpc) is 3.07. The van der Waals surface area contributed by atoms with E-state index >= 15 is 0 Å². The van der Waals surface area contributed by atoms with E-state index < -0.39 is 0 Å². The number of alkyl halides is 1. The molecule has 5 heteroatoms. The number of hydrogen-bond donors (Lipinski definition) is 0. The van der Waals surface area contributed by atoms with Gasteiger partial charge in [-0.05, 0) is 68.6 Å². The first-order chi connectivity index (χ1) is 11.5. The Bertz CT molecular complexity index is 784. The second-order valence-corrected chi connectivity index (χ2v) is 8.55. The van der Waals surface area contributed by atoms with Crippen molar-refractivity contribution in [1.82, 2.24) is 0 Å². The fourth-order valence-electron chi connectivity index (χ4n) is 4.96. The van der Waals surface area contributed by atoms with E-state index in [9.17, 15) is 0 Å². The van der Waals surface area contributed by atoms with Gasteiger partial charge in [-0.2, -0.15) is 0 Å². The van der Waals surface area contributed by atoms with Gasteiger partial charge in [0.25, 0.3) is 0 Å². The van der Waals surface area contributed by atoms with Crippen molar-refractivity contribution in [2.24, 2.45) is 11.8 Å². The standard InChI is InChI=1S/C19H22BClO3/c1-11-4-3-5-15-18(11)13(10-22-15)9-17(21)20-23-16-8-12-6-14(7-12)19(16,2)24-20/h3-5,10,12,14,16-17H,6-9H2,1-2H3/t12?,14?,16-,17-,19+/m1/s1. The Morgan fingerprint density at radius 3 is 2.96 bits per heavy atom. The minimum absolute atomic E-state index is 0.138. The van der Waals surface area contributed by atoms with Gasteiger partial charge in [-0.3, -0.25) is 0 Å². The number of rotatable bonds is 3. The van der Waals surface area contributed by atoms with E-state index in [0.29, 0.717) is 12.3 Å². The summed E-state index contributed by atoms with van der Waals surface area (Å²) in [6, 6.07) is 6.13. The minimum atomic E-state index is -0.324. The summed E-state index contributed by atoms with van der Waals surface area (Å²) in [6.07, 6.45) is 6.45. The van der Waals surface area contributed by atoms with Crippen LogP contribution in [0, 0.1) is 18.8 Å². The van der Waals surface area contributed by atoms with Crippen LogP contribution in [0.1, 0.15) is 37.3 Å². The molecule has 4 aliphatic rings. The molecule has 1 aliphatic heterocycles. The highest BCUT2D eigenvalue weighted by molar-refractivity contribution is 6.60. The van der Waals surface area contributed by atoms with Crippen LogP contribution in [0.2, 0.25) is 0 Å². The van der Waals surface area contributed by atoms with E-state index in [4.69, 9.17) is 25.3 Å². The van der Waals surface area contributed by atoms with Crippen LogP contribution in [-0.4, -0.2) is 24.1 Å². The molecule has 2 aromatic rings. The molecule has 3 saturated carbocycles. The molecule has 0 unspecified atom stereocenters. The number of benzene rings is 1. The highest BCUT2D eigenvalue weighted by Gasteiger charge is 2.61. The zero-order valence-corrected chi connectivity index (χ0v) is 14.9. The molecule has 2 bridgehead atoms. The number of halogens is 1. The topological polar surface area (TPSA) is 31.6 Å². The summed E-state index contributed by atoms with van der Waals surface area (Å²) < 4.78 is 18.3. The molecule has 0 N–H and O–H groups in total. The van der Waals surface area contributed by atoms with Crippen LogP contribution in [0.4, 0.5) is 0 Å². The number of furan rings is 1. The maximum atomic E-state index is 6.73. The average molecular weight is 345 g/mol. The zero-order valence-electron chi connectivity index (χ0n) is 14.1. The number of hydrogen-bond acceptors (Lipinski definition) is 3. The third-order valence-electron chi connectivity index (χ3n) is 6.50. The lowest BCUT2D eigenvalue weighted by Crippen LogP contribution is -2.56. The van der Waals surface area contributed by atoms with Crippen LogP contribution in [0.15, 0.2) is 28.9 Å². The summed E-state index contributed by atoms with van der Waals surface area (Å²) in [4.78, 5) is 0. The monoisotopic (exact) mass is 344 g/mol. The molecule has 4 fully saturated rings. The maximum absolute atomic E-state index is 6.73. The summed E-state index contributed by atoms with van der Waals surface area (Å²) in [5, 5.41) is 0.970. The van der Waals surface area contributed by atoms with Crippen molar-refractivity contribution in [1.29, 1.82) is 0 Å². The second-order valence-electron chi connectivity index (χ2n) is 7.99. The Morgan fingerprint density at radius 2 is 2.17 bits per heavy atom. The normalized spacial score (nSPS) is 35.8. The Hall–Kier alpha value is -0.965. The molecule has 6 rings (SSSR count). The third-order valence-corrected chi connectivity index (χ3v) is 6.86. The summed E-state index contributed by atoms with van der Waals surface area (Å²) in [7, 11) is -0.324. The first-order valence-electron chi connectivity index (χ1n) is 8.97. The van der Waals surface area contributed by atoms with Crippen LogP contribution < -0.4 is 0 Å². The fourth-order valence-corrected chi connectivity index (χ4v) is 5.24. The molecule has 0 radical (unpaired) electrons. The molecule has 1 saturated heterocycles. The van der Waals surface area contributed by atoms with E-state index in [1.807, 2.05) is 18.4 Å². The largest absolute Gasteiger partial charge is 0.477 e. The van der Waals surface area contributed by atoms with E-state index in [1.54, 1.807) is 0 Å². The van der Waals surface area contributed by atoms with Crippen molar-refractivity contribution in [2.75, 3.05) is 0 Å². The highest BCUT2D eigenvalue weighted by Crippen LogP contribution is 2.56. The molecule has 2 heterocycles. The predicted octanol–water partition coefficient (Wildman–Crippen LogP) is 4.52. The molecule has 1 aromatic heterocycles. The van der Waals surface area contributed by atoms with Gasteiger partial charge in [0.05, 0.1) is 23.2 Å². The number of fused-ring (bicyclic) bond motifs is 1. The Labute approximate surface area is 147 Å². The summed E-state index contributed by atoms with van der Waals surface area (Å²) in [5.41, 5.74) is 3.14. The highest BCUT2D eigenvalue weighted by atomic mass is 35.5. The van der Waals surface area contributed by atoms with Crippen molar-refractivity contribution >= 4 is 29.7 Å². The van der Waals surface area contributed by atoms with E-state index in [-0.39, 0.29) is 24.1 Å². The fraction of sp³-hybridized carbons (Fsp3) is 0.579. The molecule has 0 amide bonds. The lowest BCUT2D eigenvalue weighted by molar-refractivity contribution is -0.114. The molecular weight excluding hydrogens is 322 g/mol. The van der Waals surface area contributed by atoms with Gasteiger partial charge >= 0.3 is 7.12 Å². The maximum Gasteiger partial charge on any atom is 0.477 e. The van der Waals surface area contributed by atoms with Gasteiger partial charge in [0.1, 0.15) is 5.58 Å². The minimum Gasteiger partial charge on any atom is -0.464 e. The van der Waals surface area contributed by atoms with Gasteiger partial charge in [-0.1, -0.05) is 12.1 Å². The Kier molecular flexibility index (Phi) is 3.36. The zero-order chi connectivity index (χ0) is 16.5. The summed E-state index contributed by atoms with van der Waals surface area (Å²) in [6.45, 7) is 4.33. The first kappa shape index (κ1) is 15.3. The van der Waals surface area contributed by atoms with Crippen LogP contribution in [0.5, 0.6) is 0 Å². The lowest BCUT2D eigenvalue weighted by Gasteiger charge is -2.53. The number of aryl methyl sites for hydroxylation is 1. The van der Waals surface area contributed by atoms with Gasteiger partial charge in [-0.25, -0.2) is 0 Å². The lowest BCUT2D eigenvalue weighted by atomic mass is 9.57. The van der Waals surface area contributed by atoms with Gasteiger partial charge in [0, 0.05) is 5.39 Å². The van der Waals surface area contributed by atoms with E-state index in [2.05, 4.69) is 19.9 Å². The molecule has 0 spiro atoms. The second kappa shape index (κ2) is 5.26. The molecule has 24 heavy (non-hydrogen) atoms. The summed E-state index contributed by atoms with van der Waals surface area (Å²) in [5.74, 6) is 1.48. The first-order valence-corrected chi connectivity index (χ1v) is 9.41. The molecule has 126 valence electrons. The van der Waals surface area contributed by atoms with Crippen molar-refractivity contribution in [3.63, 3.8) is 0 Å². The smallest absolute Gasteiger partial charge is 0.464 e. The van der Waals surface area contributed by atoms with Crippen molar-refractivity contribution in [2.45, 2.75) is 56.5 Å². The molecule has 1 aromatic carbocycles. The van der Waals surface area contributed by atoms with Crippen LogP contribution in [0.25, 0.3) is 11.0 Å². The van der Waals surface area contributed by atoms with Crippen LogP contribution in [0.3, 0.4) is 0 Å². The molecular formula is C19H22BClO3. The Balaban J connectivity index is 1.36. The molecule has 3 nitrogen and oxygen atoms in total. The molecule has 3 atom stereocenters. The van der Waals surface area contributed by atoms with Crippen molar-refractivity contribution in [3.05, 3.63) is 35.6 Å². The van der Waals surface area contributed by atoms with Crippen molar-refractivity contribution < 1.29 is 13.7 Å². The van der Waals surface area contributed by atoms with Crippen LogP contribution >= 0.6 is 11.6 Å². The van der Waals surface area contributed by atoms with Gasteiger partial charge < -0.3 is 13.7 Å². The quantitative estimate of drug-likeness (QED) is 0.606. The predicted molar refractivity (Wildman–Crippen MR) is 95.2 cm³/mol. The SMILES string of the molecule is Cc1cccc2occ(C[C@@H](Cl)B3O[C@@H]4CC5CC(C5)[C@]4(C)O3)c12. The Morgan fingerprint density at radius 1 is 1.33 bits per heavy atom. The van der Waals surface area contributed by atoms with E-state index in [1.165, 1.54) is 23.8 Å². The van der Waals surface area contributed by atoms with Gasteiger partial charge in [-0.15, -0.1) is 11.6 Å². The van der Waals surface area contributed by atoms with Gasteiger partial charge in [0.15, 0.2) is 0 Å².